The van der Waals surface area contributed by atoms with Crippen LogP contribution < -0.4 is 10.1 Å². The molecule has 5 heteroatoms. The number of rotatable bonds is 6. The highest BCUT2D eigenvalue weighted by Gasteiger charge is 2.17. The van der Waals surface area contributed by atoms with E-state index in [2.05, 4.69) is 24.1 Å². The maximum absolute atomic E-state index is 12.8. The van der Waals surface area contributed by atoms with E-state index in [-0.39, 0.29) is 5.91 Å². The van der Waals surface area contributed by atoms with Crippen LogP contribution in [-0.4, -0.2) is 10.9 Å². The third kappa shape index (κ3) is 4.74. The van der Waals surface area contributed by atoms with Crippen molar-refractivity contribution in [2.75, 3.05) is 5.32 Å². The number of carbonyl (C=O) groups excluding carboxylic acids is 1. The minimum Gasteiger partial charge on any atom is -0.486 e. The Morgan fingerprint density at radius 3 is 2.52 bits per heavy atom. The van der Waals surface area contributed by atoms with Gasteiger partial charge in [0, 0.05) is 5.69 Å². The van der Waals surface area contributed by atoms with E-state index in [1.165, 1.54) is 16.9 Å². The third-order valence-corrected chi connectivity index (χ3v) is 5.39. The van der Waals surface area contributed by atoms with Crippen LogP contribution in [0.5, 0.6) is 5.75 Å². The fourth-order valence-electron chi connectivity index (χ4n) is 2.80. The highest BCUT2D eigenvalue weighted by Crippen LogP contribution is 2.26. The number of aryl methyl sites for hydroxylation is 2. The quantitative estimate of drug-likeness (QED) is 0.595. The average molecular weight is 381 g/mol. The van der Waals surface area contributed by atoms with Gasteiger partial charge >= 0.3 is 0 Å². The van der Waals surface area contributed by atoms with Gasteiger partial charge in [0.25, 0.3) is 5.91 Å². The number of hydrogen-bond acceptors (Lipinski definition) is 4. The molecule has 27 heavy (non-hydrogen) atoms. The van der Waals surface area contributed by atoms with E-state index in [0.29, 0.717) is 17.4 Å². The fraction of sp³-hybridized carbons (Fsp3) is 0.273. The molecule has 1 heterocycles. The van der Waals surface area contributed by atoms with E-state index >= 15 is 0 Å². The number of carbonyl (C=O) groups is 1. The molecule has 1 N–H and O–H groups in total. The molecule has 0 bridgehead atoms. The molecule has 0 aliphatic carbocycles. The summed E-state index contributed by atoms with van der Waals surface area (Å²) >= 11 is 1.38. The molecule has 0 fully saturated rings. The van der Waals surface area contributed by atoms with Gasteiger partial charge in [0.2, 0.25) is 0 Å². The topological polar surface area (TPSA) is 51.2 Å². The summed E-state index contributed by atoms with van der Waals surface area (Å²) in [6, 6.07) is 15.8. The summed E-state index contributed by atoms with van der Waals surface area (Å²) in [4.78, 5) is 17.9. The molecule has 0 spiro atoms. The first-order valence-corrected chi connectivity index (χ1v) is 9.81. The van der Waals surface area contributed by atoms with Crippen LogP contribution in [-0.2, 0) is 6.61 Å². The van der Waals surface area contributed by atoms with Gasteiger partial charge in [0.15, 0.2) is 0 Å². The largest absolute Gasteiger partial charge is 0.486 e. The molecule has 0 atom stereocenters. The zero-order valence-electron chi connectivity index (χ0n) is 16.1. The van der Waals surface area contributed by atoms with E-state index in [4.69, 9.17) is 4.74 Å². The number of ether oxygens (including phenoxy) is 1. The van der Waals surface area contributed by atoms with Gasteiger partial charge in [0.05, 0.1) is 5.69 Å². The van der Waals surface area contributed by atoms with Gasteiger partial charge in [-0.2, -0.15) is 0 Å². The molecule has 3 rings (SSSR count). The molecule has 2 aromatic carbocycles. The lowest BCUT2D eigenvalue weighted by molar-refractivity contribution is 0.102. The SMILES string of the molecule is Cc1ccc(OCc2nc(C)c(C(=O)Nc3ccccc3C(C)C)s2)cc1. The number of benzene rings is 2. The Labute approximate surface area is 164 Å². The standard InChI is InChI=1S/C22H24N2O2S/c1-14(2)18-7-5-6-8-19(18)24-22(25)21-16(4)23-20(27-21)13-26-17-11-9-15(3)10-12-17/h5-12,14H,13H2,1-4H3,(H,24,25). The van der Waals surface area contributed by atoms with Crippen molar-refractivity contribution in [2.45, 2.75) is 40.2 Å². The van der Waals surface area contributed by atoms with Crippen molar-refractivity contribution in [1.82, 2.24) is 4.98 Å². The average Bonchev–Trinajstić information content (AvgIpc) is 3.02. The fourth-order valence-corrected chi connectivity index (χ4v) is 3.67. The summed E-state index contributed by atoms with van der Waals surface area (Å²) in [5, 5.41) is 3.82. The van der Waals surface area contributed by atoms with Gasteiger partial charge in [0.1, 0.15) is 22.2 Å². The Balaban J connectivity index is 1.70. The molecule has 1 aromatic heterocycles. The highest BCUT2D eigenvalue weighted by molar-refractivity contribution is 7.13. The molecule has 0 aliphatic heterocycles. The second kappa shape index (κ2) is 8.35. The zero-order valence-corrected chi connectivity index (χ0v) is 16.9. The van der Waals surface area contributed by atoms with E-state index in [1.54, 1.807) is 0 Å². The first kappa shape index (κ1) is 19.1. The maximum atomic E-state index is 12.8. The van der Waals surface area contributed by atoms with Crippen LogP contribution in [0.1, 0.15) is 51.3 Å². The Hall–Kier alpha value is -2.66. The molecular formula is C22H24N2O2S. The van der Waals surface area contributed by atoms with Gasteiger partial charge in [-0.05, 0) is 43.5 Å². The van der Waals surface area contributed by atoms with Crippen molar-refractivity contribution in [3.63, 3.8) is 0 Å². The predicted octanol–water partition coefficient (Wildman–Crippen LogP) is 5.71. The zero-order chi connectivity index (χ0) is 19.4. The maximum Gasteiger partial charge on any atom is 0.267 e. The first-order chi connectivity index (χ1) is 12.9. The molecule has 0 unspecified atom stereocenters. The molecule has 0 saturated heterocycles. The lowest BCUT2D eigenvalue weighted by Crippen LogP contribution is -2.13. The van der Waals surface area contributed by atoms with Crippen LogP contribution in [0.15, 0.2) is 48.5 Å². The third-order valence-electron chi connectivity index (χ3n) is 4.26. The van der Waals surface area contributed by atoms with E-state index in [1.807, 2.05) is 62.4 Å². The van der Waals surface area contributed by atoms with Crippen LogP contribution >= 0.6 is 11.3 Å². The van der Waals surface area contributed by atoms with Crippen LogP contribution in [0, 0.1) is 13.8 Å². The van der Waals surface area contributed by atoms with E-state index in [9.17, 15) is 4.79 Å². The van der Waals surface area contributed by atoms with Crippen LogP contribution in [0.3, 0.4) is 0 Å². The number of anilines is 1. The lowest BCUT2D eigenvalue weighted by Gasteiger charge is -2.13. The number of thiazole rings is 1. The summed E-state index contributed by atoms with van der Waals surface area (Å²) in [5.74, 6) is 1.01. The smallest absolute Gasteiger partial charge is 0.267 e. The van der Waals surface area contributed by atoms with Crippen LogP contribution in [0.4, 0.5) is 5.69 Å². The van der Waals surface area contributed by atoms with Crippen molar-refractivity contribution in [3.8, 4) is 5.75 Å². The molecular weight excluding hydrogens is 356 g/mol. The number of nitrogens with one attached hydrogen (secondary N) is 1. The molecule has 140 valence electrons. The van der Waals surface area contributed by atoms with Crippen molar-refractivity contribution < 1.29 is 9.53 Å². The monoisotopic (exact) mass is 380 g/mol. The number of amides is 1. The minimum absolute atomic E-state index is 0.125. The molecule has 0 radical (unpaired) electrons. The summed E-state index contributed by atoms with van der Waals surface area (Å²) in [6.45, 7) is 8.47. The normalized spacial score (nSPS) is 10.9. The lowest BCUT2D eigenvalue weighted by atomic mass is 10.0. The van der Waals surface area contributed by atoms with Gasteiger partial charge in [-0.15, -0.1) is 11.3 Å². The number of para-hydroxylation sites is 1. The van der Waals surface area contributed by atoms with Gasteiger partial charge < -0.3 is 10.1 Å². The van der Waals surface area contributed by atoms with Gasteiger partial charge in [-0.3, -0.25) is 4.79 Å². The van der Waals surface area contributed by atoms with Crippen molar-refractivity contribution in [2.24, 2.45) is 0 Å². The predicted molar refractivity (Wildman–Crippen MR) is 111 cm³/mol. The van der Waals surface area contributed by atoms with Gasteiger partial charge in [-0.1, -0.05) is 49.7 Å². The number of aromatic nitrogens is 1. The molecule has 1 amide bonds. The molecule has 3 aromatic rings. The Kier molecular flexibility index (Phi) is 5.91. The summed E-state index contributed by atoms with van der Waals surface area (Å²) < 4.78 is 5.78. The van der Waals surface area contributed by atoms with Crippen LogP contribution in [0.2, 0.25) is 0 Å². The molecule has 0 aliphatic rings. The molecule has 0 saturated carbocycles. The minimum atomic E-state index is -0.125. The van der Waals surface area contributed by atoms with Crippen molar-refractivity contribution >= 4 is 22.9 Å². The second-order valence-electron chi connectivity index (χ2n) is 6.82. The molecule has 4 nitrogen and oxygen atoms in total. The summed E-state index contributed by atoms with van der Waals surface area (Å²) in [5.41, 5.74) is 3.88. The van der Waals surface area contributed by atoms with E-state index in [0.717, 1.165) is 27.7 Å². The van der Waals surface area contributed by atoms with E-state index < -0.39 is 0 Å². The van der Waals surface area contributed by atoms with Crippen molar-refractivity contribution in [3.05, 3.63) is 75.2 Å². The number of nitrogens with zero attached hydrogens (tertiary/aromatic N) is 1. The Morgan fingerprint density at radius 2 is 1.81 bits per heavy atom. The first-order valence-electron chi connectivity index (χ1n) is 9.00. The summed E-state index contributed by atoms with van der Waals surface area (Å²) in [6.07, 6.45) is 0. The number of hydrogen-bond donors (Lipinski definition) is 1. The second-order valence-corrected chi connectivity index (χ2v) is 7.90. The Morgan fingerprint density at radius 1 is 1.11 bits per heavy atom. The highest BCUT2D eigenvalue weighted by atomic mass is 32.1. The summed E-state index contributed by atoms with van der Waals surface area (Å²) in [7, 11) is 0. The van der Waals surface area contributed by atoms with Gasteiger partial charge in [-0.25, -0.2) is 4.98 Å². The van der Waals surface area contributed by atoms with Crippen LogP contribution in [0.25, 0.3) is 0 Å². The Bertz CT molecular complexity index is 930. The van der Waals surface area contributed by atoms with Crippen molar-refractivity contribution in [1.29, 1.82) is 0 Å².